The van der Waals surface area contributed by atoms with Crippen LogP contribution in [0.15, 0.2) is 48.5 Å². The van der Waals surface area contributed by atoms with Crippen molar-refractivity contribution in [1.29, 1.82) is 0 Å². The number of hydrogen-bond acceptors (Lipinski definition) is 1. The van der Waals surface area contributed by atoms with Crippen LogP contribution in [0.2, 0.25) is 5.02 Å². The van der Waals surface area contributed by atoms with Crippen LogP contribution < -0.4 is 5.73 Å². The van der Waals surface area contributed by atoms with Crippen molar-refractivity contribution < 1.29 is 4.39 Å². The molecule has 0 aliphatic heterocycles. The Morgan fingerprint density at radius 1 is 1.11 bits per heavy atom. The first-order valence-electron chi connectivity index (χ1n) is 5.91. The van der Waals surface area contributed by atoms with Gasteiger partial charge in [0.1, 0.15) is 5.82 Å². The van der Waals surface area contributed by atoms with Crippen molar-refractivity contribution in [3.63, 3.8) is 0 Å². The molecule has 0 radical (unpaired) electrons. The van der Waals surface area contributed by atoms with E-state index in [0.29, 0.717) is 11.4 Å². The molecule has 1 atom stereocenters. The lowest BCUT2D eigenvalue weighted by atomic mass is 10.00. The van der Waals surface area contributed by atoms with Gasteiger partial charge in [-0.05, 0) is 42.2 Å². The standard InChI is InChI=1S/C15H15ClFN/c16-14-8-7-13(17)10-12(14)6-9-15(18)11-4-2-1-3-5-11/h1-5,7-8,10,15H,6,9,18H2. The van der Waals surface area contributed by atoms with E-state index in [1.165, 1.54) is 12.1 Å². The van der Waals surface area contributed by atoms with Crippen LogP contribution in [0, 0.1) is 5.82 Å². The fraction of sp³-hybridized carbons (Fsp3) is 0.200. The summed E-state index contributed by atoms with van der Waals surface area (Å²) in [6.45, 7) is 0. The molecular weight excluding hydrogens is 249 g/mol. The van der Waals surface area contributed by atoms with Gasteiger partial charge in [-0.2, -0.15) is 0 Å². The summed E-state index contributed by atoms with van der Waals surface area (Å²) in [6, 6.07) is 14.2. The molecular formula is C15H15ClFN. The summed E-state index contributed by atoms with van der Waals surface area (Å²) in [5.74, 6) is -0.261. The summed E-state index contributed by atoms with van der Waals surface area (Å²) in [5.41, 5.74) is 7.99. The van der Waals surface area contributed by atoms with Crippen LogP contribution in [0.4, 0.5) is 4.39 Å². The zero-order valence-electron chi connectivity index (χ0n) is 9.94. The van der Waals surface area contributed by atoms with E-state index < -0.39 is 0 Å². The van der Waals surface area contributed by atoms with Gasteiger partial charge in [0.25, 0.3) is 0 Å². The highest BCUT2D eigenvalue weighted by Gasteiger charge is 2.08. The minimum Gasteiger partial charge on any atom is -0.324 e. The molecule has 0 heterocycles. The highest BCUT2D eigenvalue weighted by molar-refractivity contribution is 6.31. The summed E-state index contributed by atoms with van der Waals surface area (Å²) in [7, 11) is 0. The maximum Gasteiger partial charge on any atom is 0.123 e. The zero-order chi connectivity index (χ0) is 13.0. The van der Waals surface area contributed by atoms with Gasteiger partial charge in [0.05, 0.1) is 0 Å². The highest BCUT2D eigenvalue weighted by atomic mass is 35.5. The van der Waals surface area contributed by atoms with Crippen molar-refractivity contribution >= 4 is 11.6 Å². The average Bonchev–Trinajstić information content (AvgIpc) is 2.40. The van der Waals surface area contributed by atoms with Gasteiger partial charge in [-0.15, -0.1) is 0 Å². The number of aryl methyl sites for hydroxylation is 1. The lowest BCUT2D eigenvalue weighted by Crippen LogP contribution is -2.11. The maximum absolute atomic E-state index is 13.1. The first kappa shape index (κ1) is 13.1. The number of nitrogens with two attached hydrogens (primary N) is 1. The Bertz CT molecular complexity index is 513. The largest absolute Gasteiger partial charge is 0.324 e. The van der Waals surface area contributed by atoms with Crippen molar-refractivity contribution in [2.75, 3.05) is 0 Å². The molecule has 0 spiro atoms. The van der Waals surface area contributed by atoms with Gasteiger partial charge in [0, 0.05) is 11.1 Å². The van der Waals surface area contributed by atoms with Crippen LogP contribution in [0.1, 0.15) is 23.6 Å². The van der Waals surface area contributed by atoms with Crippen molar-refractivity contribution in [3.8, 4) is 0 Å². The second-order valence-corrected chi connectivity index (χ2v) is 4.70. The summed E-state index contributed by atoms with van der Waals surface area (Å²) >= 11 is 6.02. The van der Waals surface area contributed by atoms with E-state index >= 15 is 0 Å². The van der Waals surface area contributed by atoms with Gasteiger partial charge in [-0.1, -0.05) is 41.9 Å². The number of benzene rings is 2. The molecule has 3 heteroatoms. The third-order valence-electron chi connectivity index (χ3n) is 2.96. The minimum atomic E-state index is -0.261. The predicted octanol–water partition coefficient (Wildman–Crippen LogP) is 4.11. The van der Waals surface area contributed by atoms with E-state index in [2.05, 4.69) is 0 Å². The molecule has 0 amide bonds. The Balaban J connectivity index is 2.01. The minimum absolute atomic E-state index is 0.0504. The molecule has 1 unspecified atom stereocenters. The third-order valence-corrected chi connectivity index (χ3v) is 3.33. The van der Waals surface area contributed by atoms with Gasteiger partial charge in [-0.3, -0.25) is 0 Å². The smallest absolute Gasteiger partial charge is 0.123 e. The second-order valence-electron chi connectivity index (χ2n) is 4.29. The zero-order valence-corrected chi connectivity index (χ0v) is 10.7. The molecule has 18 heavy (non-hydrogen) atoms. The lowest BCUT2D eigenvalue weighted by Gasteiger charge is -2.12. The molecule has 2 aromatic carbocycles. The quantitative estimate of drug-likeness (QED) is 0.883. The fourth-order valence-corrected chi connectivity index (χ4v) is 2.12. The monoisotopic (exact) mass is 263 g/mol. The van der Waals surface area contributed by atoms with E-state index in [1.807, 2.05) is 30.3 Å². The first-order valence-corrected chi connectivity index (χ1v) is 6.29. The molecule has 0 aliphatic rings. The molecule has 0 saturated heterocycles. The predicted molar refractivity (Wildman–Crippen MR) is 73.1 cm³/mol. The van der Waals surface area contributed by atoms with Crippen LogP contribution in [0.5, 0.6) is 0 Å². The van der Waals surface area contributed by atoms with E-state index in [0.717, 1.165) is 17.5 Å². The van der Waals surface area contributed by atoms with Gasteiger partial charge >= 0.3 is 0 Å². The summed E-state index contributed by atoms with van der Waals surface area (Å²) in [5, 5.41) is 0.594. The number of halogens is 2. The molecule has 0 aliphatic carbocycles. The van der Waals surface area contributed by atoms with Crippen LogP contribution in [-0.4, -0.2) is 0 Å². The molecule has 2 rings (SSSR count). The molecule has 0 aromatic heterocycles. The van der Waals surface area contributed by atoms with Crippen molar-refractivity contribution in [1.82, 2.24) is 0 Å². The summed E-state index contributed by atoms with van der Waals surface area (Å²) < 4.78 is 13.1. The third kappa shape index (κ3) is 3.31. The average molecular weight is 264 g/mol. The van der Waals surface area contributed by atoms with Gasteiger partial charge < -0.3 is 5.73 Å². The molecule has 2 N–H and O–H groups in total. The highest BCUT2D eigenvalue weighted by Crippen LogP contribution is 2.22. The first-order chi connectivity index (χ1) is 8.66. The van der Waals surface area contributed by atoms with E-state index in [-0.39, 0.29) is 11.9 Å². The van der Waals surface area contributed by atoms with Crippen LogP contribution in [0.25, 0.3) is 0 Å². The number of hydrogen-bond donors (Lipinski definition) is 1. The van der Waals surface area contributed by atoms with E-state index in [4.69, 9.17) is 17.3 Å². The molecule has 94 valence electrons. The second kappa shape index (κ2) is 5.98. The Hall–Kier alpha value is -1.38. The van der Waals surface area contributed by atoms with Gasteiger partial charge in [-0.25, -0.2) is 4.39 Å². The Morgan fingerprint density at radius 3 is 2.56 bits per heavy atom. The Morgan fingerprint density at radius 2 is 1.83 bits per heavy atom. The summed E-state index contributed by atoms with van der Waals surface area (Å²) in [6.07, 6.45) is 1.42. The van der Waals surface area contributed by atoms with Gasteiger partial charge in [0.15, 0.2) is 0 Å². The molecule has 0 fully saturated rings. The SMILES string of the molecule is NC(CCc1cc(F)ccc1Cl)c1ccccc1. The Labute approximate surface area is 111 Å². The van der Waals surface area contributed by atoms with Crippen LogP contribution in [0.3, 0.4) is 0 Å². The molecule has 0 bridgehead atoms. The van der Waals surface area contributed by atoms with E-state index in [1.54, 1.807) is 6.07 Å². The van der Waals surface area contributed by atoms with Crippen LogP contribution >= 0.6 is 11.6 Å². The molecule has 2 aromatic rings. The van der Waals surface area contributed by atoms with E-state index in [9.17, 15) is 4.39 Å². The van der Waals surface area contributed by atoms with Crippen molar-refractivity contribution in [2.45, 2.75) is 18.9 Å². The maximum atomic E-state index is 13.1. The summed E-state index contributed by atoms with van der Waals surface area (Å²) in [4.78, 5) is 0. The lowest BCUT2D eigenvalue weighted by molar-refractivity contribution is 0.617. The normalized spacial score (nSPS) is 12.4. The fourth-order valence-electron chi connectivity index (χ4n) is 1.91. The van der Waals surface area contributed by atoms with Crippen LogP contribution in [-0.2, 0) is 6.42 Å². The Kier molecular flexibility index (Phi) is 4.34. The van der Waals surface area contributed by atoms with Crippen molar-refractivity contribution in [3.05, 3.63) is 70.5 Å². The topological polar surface area (TPSA) is 26.0 Å². The molecule has 1 nitrogen and oxygen atoms in total. The van der Waals surface area contributed by atoms with Gasteiger partial charge in [0.2, 0.25) is 0 Å². The number of rotatable bonds is 4. The molecule has 0 saturated carbocycles. The van der Waals surface area contributed by atoms with Crippen molar-refractivity contribution in [2.24, 2.45) is 5.73 Å².